The van der Waals surface area contributed by atoms with Gasteiger partial charge in [-0.05, 0) is 46.6 Å². The van der Waals surface area contributed by atoms with E-state index in [1.54, 1.807) is 20.8 Å². The molecule has 118 valence electrons. The molecule has 0 aromatic rings. The Bertz CT molecular complexity index is 315. The van der Waals surface area contributed by atoms with Crippen molar-refractivity contribution in [1.82, 2.24) is 10.4 Å². The highest BCUT2D eigenvalue weighted by Crippen LogP contribution is 2.09. The first-order valence-electron chi connectivity index (χ1n) is 6.72. The molecule has 0 bridgehead atoms. The van der Waals surface area contributed by atoms with E-state index in [0.717, 1.165) is 17.9 Å². The highest BCUT2D eigenvalue weighted by Gasteiger charge is 2.26. The number of alkyl carbamates (subject to hydrolysis) is 1. The second-order valence-corrected chi connectivity index (χ2v) is 5.50. The maximum Gasteiger partial charge on any atom is 0.408 e. The van der Waals surface area contributed by atoms with Gasteiger partial charge in [0.05, 0.1) is 7.11 Å². The Morgan fingerprint density at radius 1 is 1.30 bits per heavy atom. The van der Waals surface area contributed by atoms with Crippen LogP contribution in [0.15, 0.2) is 0 Å². The van der Waals surface area contributed by atoms with Gasteiger partial charge in [-0.2, -0.15) is 0 Å². The van der Waals surface area contributed by atoms with E-state index in [4.69, 9.17) is 15.3 Å². The molecule has 0 saturated carbocycles. The number of nitrogens with zero attached hydrogens (tertiary/aromatic N) is 1. The summed E-state index contributed by atoms with van der Waals surface area (Å²) in [5.41, 5.74) is 4.82. The van der Waals surface area contributed by atoms with Gasteiger partial charge >= 0.3 is 6.09 Å². The molecular formula is C13H27N3O4. The van der Waals surface area contributed by atoms with Gasteiger partial charge in [0.1, 0.15) is 11.6 Å². The fourth-order valence-electron chi connectivity index (χ4n) is 1.51. The number of hydrogen-bond acceptors (Lipinski definition) is 5. The van der Waals surface area contributed by atoms with Gasteiger partial charge in [-0.3, -0.25) is 9.63 Å². The Morgan fingerprint density at radius 3 is 2.35 bits per heavy atom. The summed E-state index contributed by atoms with van der Waals surface area (Å²) in [5.74, 6) is -0.324. The lowest BCUT2D eigenvalue weighted by Gasteiger charge is -2.25. The number of carbonyl (C=O) groups is 2. The van der Waals surface area contributed by atoms with Crippen LogP contribution in [0.25, 0.3) is 0 Å². The van der Waals surface area contributed by atoms with Crippen molar-refractivity contribution in [1.29, 1.82) is 0 Å². The second-order valence-electron chi connectivity index (χ2n) is 5.50. The van der Waals surface area contributed by atoms with E-state index in [1.807, 2.05) is 0 Å². The summed E-state index contributed by atoms with van der Waals surface area (Å²) < 4.78 is 5.15. The van der Waals surface area contributed by atoms with Gasteiger partial charge in [0.25, 0.3) is 5.91 Å². The predicted molar refractivity (Wildman–Crippen MR) is 75.8 cm³/mol. The number of nitrogens with two attached hydrogens (primary N) is 1. The number of ether oxygens (including phenoxy) is 1. The van der Waals surface area contributed by atoms with Crippen molar-refractivity contribution in [2.75, 3.05) is 20.7 Å². The Morgan fingerprint density at radius 2 is 1.90 bits per heavy atom. The number of rotatable bonds is 7. The molecule has 0 rings (SSSR count). The second kappa shape index (κ2) is 8.76. The molecule has 20 heavy (non-hydrogen) atoms. The topological polar surface area (TPSA) is 93.9 Å². The molecule has 1 atom stereocenters. The number of hydrogen-bond donors (Lipinski definition) is 2. The standard InChI is InChI=1S/C13H27N3O4/c1-13(2,3)20-12(18)15-10(8-6-7-9-14)11(17)16(4)19-5/h10H,6-9,14H2,1-5H3,(H,15,18). The van der Waals surface area contributed by atoms with Crippen molar-refractivity contribution in [2.24, 2.45) is 5.73 Å². The molecule has 0 spiro atoms. The first-order chi connectivity index (χ1) is 9.21. The highest BCUT2D eigenvalue weighted by molar-refractivity contribution is 5.84. The van der Waals surface area contributed by atoms with Crippen LogP contribution < -0.4 is 11.1 Å². The van der Waals surface area contributed by atoms with Crippen molar-refractivity contribution < 1.29 is 19.2 Å². The maximum atomic E-state index is 12.1. The lowest BCUT2D eigenvalue weighted by Crippen LogP contribution is -2.48. The third-order valence-corrected chi connectivity index (χ3v) is 2.52. The van der Waals surface area contributed by atoms with E-state index in [1.165, 1.54) is 14.2 Å². The predicted octanol–water partition coefficient (Wildman–Crippen LogP) is 1.03. The maximum absolute atomic E-state index is 12.1. The van der Waals surface area contributed by atoms with Gasteiger partial charge in [-0.25, -0.2) is 9.86 Å². The zero-order chi connectivity index (χ0) is 15.8. The largest absolute Gasteiger partial charge is 0.444 e. The van der Waals surface area contributed by atoms with E-state index < -0.39 is 17.7 Å². The fraction of sp³-hybridized carbons (Fsp3) is 0.846. The number of nitrogens with one attached hydrogen (secondary N) is 1. The van der Waals surface area contributed by atoms with Crippen molar-refractivity contribution in [3.8, 4) is 0 Å². The molecule has 2 amide bonds. The van der Waals surface area contributed by atoms with Gasteiger partial charge < -0.3 is 15.8 Å². The van der Waals surface area contributed by atoms with Crippen LogP contribution in [0, 0.1) is 0 Å². The summed E-state index contributed by atoms with van der Waals surface area (Å²) in [6.45, 7) is 5.84. The Labute approximate surface area is 120 Å². The van der Waals surface area contributed by atoms with Gasteiger partial charge in [0.15, 0.2) is 0 Å². The summed E-state index contributed by atoms with van der Waals surface area (Å²) in [6.07, 6.45) is 1.40. The van der Waals surface area contributed by atoms with Crippen LogP contribution in [0.3, 0.4) is 0 Å². The van der Waals surface area contributed by atoms with Crippen molar-refractivity contribution in [3.63, 3.8) is 0 Å². The molecule has 0 aliphatic rings. The normalized spacial score (nSPS) is 12.7. The molecule has 0 saturated heterocycles. The number of likely N-dealkylation sites (N-methyl/N-ethyl adjacent to an activating group) is 1. The van der Waals surface area contributed by atoms with Crippen molar-refractivity contribution >= 4 is 12.0 Å². The smallest absolute Gasteiger partial charge is 0.408 e. The number of unbranched alkanes of at least 4 members (excludes halogenated alkanes) is 1. The minimum absolute atomic E-state index is 0.324. The van der Waals surface area contributed by atoms with E-state index in [9.17, 15) is 9.59 Å². The summed E-state index contributed by atoms with van der Waals surface area (Å²) in [6, 6.07) is -0.679. The first kappa shape index (κ1) is 18.7. The molecule has 7 nitrogen and oxygen atoms in total. The molecule has 3 N–H and O–H groups in total. The van der Waals surface area contributed by atoms with Gasteiger partial charge in [-0.1, -0.05) is 0 Å². The van der Waals surface area contributed by atoms with E-state index in [0.29, 0.717) is 13.0 Å². The SMILES string of the molecule is CON(C)C(=O)C(CCCCN)NC(=O)OC(C)(C)C. The minimum atomic E-state index is -0.679. The fourth-order valence-corrected chi connectivity index (χ4v) is 1.51. The molecule has 0 aromatic heterocycles. The molecule has 0 aromatic carbocycles. The van der Waals surface area contributed by atoms with Crippen LogP contribution in [0.5, 0.6) is 0 Å². The average molecular weight is 289 g/mol. The Balaban J connectivity index is 4.59. The zero-order valence-electron chi connectivity index (χ0n) is 13.1. The Hall–Kier alpha value is -1.34. The van der Waals surface area contributed by atoms with Crippen molar-refractivity contribution in [3.05, 3.63) is 0 Å². The molecule has 0 aliphatic heterocycles. The van der Waals surface area contributed by atoms with Gasteiger partial charge in [-0.15, -0.1) is 0 Å². The summed E-state index contributed by atoms with van der Waals surface area (Å²) in [5, 5.41) is 3.66. The molecular weight excluding hydrogens is 262 g/mol. The first-order valence-corrected chi connectivity index (χ1v) is 6.72. The van der Waals surface area contributed by atoms with Crippen molar-refractivity contribution in [2.45, 2.75) is 51.7 Å². The number of amides is 2. The third-order valence-electron chi connectivity index (χ3n) is 2.52. The van der Waals surface area contributed by atoms with Crippen LogP contribution in [0.2, 0.25) is 0 Å². The quantitative estimate of drug-likeness (QED) is 0.539. The summed E-state index contributed by atoms with van der Waals surface area (Å²) in [4.78, 5) is 28.7. The van der Waals surface area contributed by atoms with Gasteiger partial charge in [0, 0.05) is 7.05 Å². The van der Waals surface area contributed by atoms with Crippen LogP contribution in [-0.2, 0) is 14.4 Å². The van der Waals surface area contributed by atoms with Gasteiger partial charge in [0.2, 0.25) is 0 Å². The number of carbonyl (C=O) groups excluding carboxylic acids is 2. The Kier molecular flexibility index (Phi) is 8.17. The van der Waals surface area contributed by atoms with E-state index in [-0.39, 0.29) is 5.91 Å². The van der Waals surface area contributed by atoms with Crippen LogP contribution >= 0.6 is 0 Å². The van der Waals surface area contributed by atoms with Crippen LogP contribution in [0.4, 0.5) is 4.79 Å². The number of hydroxylamine groups is 2. The molecule has 0 fully saturated rings. The third kappa shape index (κ3) is 7.96. The van der Waals surface area contributed by atoms with Crippen LogP contribution in [0.1, 0.15) is 40.0 Å². The lowest BCUT2D eigenvalue weighted by atomic mass is 10.1. The molecule has 7 heteroatoms. The molecule has 1 unspecified atom stereocenters. The van der Waals surface area contributed by atoms with E-state index in [2.05, 4.69) is 5.32 Å². The summed E-state index contributed by atoms with van der Waals surface area (Å²) in [7, 11) is 2.89. The van der Waals surface area contributed by atoms with E-state index >= 15 is 0 Å². The molecule has 0 radical (unpaired) electrons. The lowest BCUT2D eigenvalue weighted by molar-refractivity contribution is -0.171. The average Bonchev–Trinajstić information content (AvgIpc) is 2.33. The minimum Gasteiger partial charge on any atom is -0.444 e. The molecule has 0 aliphatic carbocycles. The highest BCUT2D eigenvalue weighted by atomic mass is 16.7. The summed E-state index contributed by atoms with van der Waals surface area (Å²) >= 11 is 0. The van der Waals surface area contributed by atoms with Crippen LogP contribution in [-0.4, -0.2) is 49.4 Å². The zero-order valence-corrected chi connectivity index (χ0v) is 13.1. The monoisotopic (exact) mass is 289 g/mol. The molecule has 0 heterocycles.